The molecule has 0 radical (unpaired) electrons. The Kier molecular flexibility index (Phi) is 4.02. The molecule has 3 heterocycles. The van der Waals surface area contributed by atoms with Crippen LogP contribution in [0.15, 0.2) is 35.1 Å². The van der Waals surface area contributed by atoms with E-state index < -0.39 is 18.4 Å². The summed E-state index contributed by atoms with van der Waals surface area (Å²) in [6.45, 7) is 0.736. The fourth-order valence-corrected chi connectivity index (χ4v) is 3.13. The number of nitrogens with one attached hydrogen (secondary N) is 1. The Bertz CT molecular complexity index is 1040. The van der Waals surface area contributed by atoms with Gasteiger partial charge in [0.1, 0.15) is 11.8 Å². The molecule has 0 bridgehead atoms. The molecule has 3 aromatic rings. The molecule has 0 aliphatic carbocycles. The number of aliphatic hydroxyl groups is 2. The number of benzene rings is 1. The van der Waals surface area contributed by atoms with Crippen LogP contribution in [0.2, 0.25) is 0 Å². The van der Waals surface area contributed by atoms with E-state index in [1.807, 2.05) is 0 Å². The Morgan fingerprint density at radius 1 is 1.31 bits per heavy atom. The van der Waals surface area contributed by atoms with Crippen LogP contribution in [-0.2, 0) is 13.1 Å². The fourth-order valence-electron chi connectivity index (χ4n) is 3.13. The molecule has 26 heavy (non-hydrogen) atoms. The number of H-pyrrole nitrogens is 1. The fraction of sp³-hybridized carbons (Fsp3) is 0.294. The molecule has 1 aliphatic heterocycles. The summed E-state index contributed by atoms with van der Waals surface area (Å²) in [7, 11) is 0. The molecule has 1 amide bonds. The molecule has 2 aromatic heterocycles. The van der Waals surface area contributed by atoms with Gasteiger partial charge >= 0.3 is 5.69 Å². The van der Waals surface area contributed by atoms with Gasteiger partial charge in [-0.2, -0.15) is 10.1 Å². The van der Waals surface area contributed by atoms with Crippen molar-refractivity contribution in [3.63, 3.8) is 0 Å². The van der Waals surface area contributed by atoms with Crippen molar-refractivity contribution in [2.24, 2.45) is 0 Å². The van der Waals surface area contributed by atoms with Crippen molar-refractivity contribution in [1.82, 2.24) is 24.6 Å². The number of aromatic nitrogens is 4. The first-order valence-electron chi connectivity index (χ1n) is 8.20. The van der Waals surface area contributed by atoms with E-state index in [-0.39, 0.29) is 18.1 Å². The number of aliphatic hydroxyl groups excluding tert-OH is 2. The number of fused-ring (bicyclic) bond motifs is 2. The number of amides is 1. The number of nitrogens with zero attached hydrogens (tertiary/aromatic N) is 4. The van der Waals surface area contributed by atoms with Crippen molar-refractivity contribution >= 4 is 16.8 Å². The summed E-state index contributed by atoms with van der Waals surface area (Å²) in [4.78, 5) is 32.9. The number of aromatic amines is 1. The third kappa shape index (κ3) is 2.76. The van der Waals surface area contributed by atoms with Crippen LogP contribution in [-0.4, -0.2) is 53.9 Å². The third-order valence-corrected chi connectivity index (χ3v) is 4.46. The predicted octanol–water partition coefficient (Wildman–Crippen LogP) is -0.199. The van der Waals surface area contributed by atoms with E-state index in [4.69, 9.17) is 5.11 Å². The van der Waals surface area contributed by atoms with Gasteiger partial charge in [0, 0.05) is 11.9 Å². The lowest BCUT2D eigenvalue weighted by molar-refractivity contribution is 0.0700. The van der Waals surface area contributed by atoms with Gasteiger partial charge in [-0.15, -0.1) is 0 Å². The Hall–Kier alpha value is -3.04. The van der Waals surface area contributed by atoms with Gasteiger partial charge < -0.3 is 20.1 Å². The minimum atomic E-state index is -1.05. The molecule has 0 spiro atoms. The van der Waals surface area contributed by atoms with Crippen molar-refractivity contribution in [1.29, 1.82) is 0 Å². The maximum Gasteiger partial charge on any atom is 0.346 e. The lowest BCUT2D eigenvalue weighted by Gasteiger charge is -2.27. The summed E-state index contributed by atoms with van der Waals surface area (Å²) >= 11 is 0. The zero-order valence-electron chi connectivity index (χ0n) is 13.8. The van der Waals surface area contributed by atoms with E-state index in [1.54, 1.807) is 39.9 Å². The number of hydrogen-bond acceptors (Lipinski definition) is 6. The lowest BCUT2D eigenvalue weighted by atomic mass is 10.1. The SMILES string of the molecule is O=C(c1nc(=O)[nH]c2ccccc12)N1CCn2nc([C@@H](O)CO)cc2C1. The van der Waals surface area contributed by atoms with Gasteiger partial charge in [0.05, 0.1) is 36.6 Å². The molecule has 0 saturated carbocycles. The van der Waals surface area contributed by atoms with E-state index >= 15 is 0 Å². The van der Waals surface area contributed by atoms with Gasteiger partial charge in [-0.1, -0.05) is 18.2 Å². The minimum Gasteiger partial charge on any atom is -0.393 e. The maximum atomic E-state index is 13.0. The van der Waals surface area contributed by atoms with Crippen LogP contribution in [0.25, 0.3) is 10.9 Å². The van der Waals surface area contributed by atoms with Gasteiger partial charge in [-0.3, -0.25) is 9.48 Å². The minimum absolute atomic E-state index is 0.118. The summed E-state index contributed by atoms with van der Waals surface area (Å²) in [5, 5.41) is 23.6. The van der Waals surface area contributed by atoms with Crippen molar-refractivity contribution in [3.8, 4) is 0 Å². The Morgan fingerprint density at radius 3 is 2.92 bits per heavy atom. The number of carbonyl (C=O) groups is 1. The van der Waals surface area contributed by atoms with Crippen LogP contribution in [0.5, 0.6) is 0 Å². The molecule has 0 fully saturated rings. The van der Waals surface area contributed by atoms with Gasteiger partial charge in [-0.25, -0.2) is 4.79 Å². The average Bonchev–Trinajstić information content (AvgIpc) is 3.09. The quantitative estimate of drug-likeness (QED) is 0.598. The highest BCUT2D eigenvalue weighted by molar-refractivity contribution is 6.04. The van der Waals surface area contributed by atoms with Crippen LogP contribution in [0.4, 0.5) is 0 Å². The number of rotatable bonds is 3. The van der Waals surface area contributed by atoms with Crippen LogP contribution < -0.4 is 5.69 Å². The van der Waals surface area contributed by atoms with Crippen molar-refractivity contribution in [2.45, 2.75) is 19.2 Å². The van der Waals surface area contributed by atoms with Gasteiger partial charge in [0.15, 0.2) is 0 Å². The molecule has 1 aliphatic rings. The highest BCUT2D eigenvalue weighted by Crippen LogP contribution is 2.21. The largest absolute Gasteiger partial charge is 0.393 e. The molecule has 0 saturated heterocycles. The summed E-state index contributed by atoms with van der Waals surface area (Å²) in [6.07, 6.45) is -1.05. The van der Waals surface area contributed by atoms with Crippen molar-refractivity contribution in [2.75, 3.05) is 13.2 Å². The molecule has 3 N–H and O–H groups in total. The highest BCUT2D eigenvalue weighted by Gasteiger charge is 2.26. The summed E-state index contributed by atoms with van der Waals surface area (Å²) < 4.78 is 1.71. The zero-order chi connectivity index (χ0) is 18.3. The first-order valence-corrected chi connectivity index (χ1v) is 8.20. The third-order valence-electron chi connectivity index (χ3n) is 4.46. The van der Waals surface area contributed by atoms with Crippen LogP contribution >= 0.6 is 0 Å². The van der Waals surface area contributed by atoms with E-state index in [2.05, 4.69) is 15.1 Å². The van der Waals surface area contributed by atoms with E-state index in [1.165, 1.54) is 0 Å². The molecule has 1 atom stereocenters. The second-order valence-corrected chi connectivity index (χ2v) is 6.14. The van der Waals surface area contributed by atoms with Gasteiger partial charge in [0.2, 0.25) is 0 Å². The van der Waals surface area contributed by atoms with Gasteiger partial charge in [0.25, 0.3) is 5.91 Å². The number of para-hydroxylation sites is 1. The molecule has 9 heteroatoms. The number of carbonyl (C=O) groups excluding carboxylic acids is 1. The standard InChI is InChI=1S/C17H17N5O4/c23-9-14(24)13-7-10-8-21(5-6-22(10)20-13)16(25)15-11-3-1-2-4-12(11)18-17(26)19-15/h1-4,7,14,23-24H,5-6,8-9H2,(H,18,19,26)/t14-/m0/s1. The van der Waals surface area contributed by atoms with Gasteiger partial charge in [-0.05, 0) is 12.1 Å². The highest BCUT2D eigenvalue weighted by atomic mass is 16.3. The molecule has 4 rings (SSSR count). The van der Waals surface area contributed by atoms with E-state index in [0.717, 1.165) is 5.69 Å². The Morgan fingerprint density at radius 2 is 2.12 bits per heavy atom. The second-order valence-electron chi connectivity index (χ2n) is 6.14. The number of hydrogen-bond donors (Lipinski definition) is 3. The average molecular weight is 355 g/mol. The molecule has 9 nitrogen and oxygen atoms in total. The van der Waals surface area contributed by atoms with E-state index in [0.29, 0.717) is 29.7 Å². The summed E-state index contributed by atoms with van der Waals surface area (Å²) in [6, 6.07) is 8.70. The molecular weight excluding hydrogens is 338 g/mol. The monoisotopic (exact) mass is 355 g/mol. The van der Waals surface area contributed by atoms with E-state index in [9.17, 15) is 14.7 Å². The summed E-state index contributed by atoms with van der Waals surface area (Å²) in [5.74, 6) is -0.330. The zero-order valence-corrected chi connectivity index (χ0v) is 13.8. The Balaban J connectivity index is 1.66. The van der Waals surface area contributed by atoms with Crippen LogP contribution in [0.1, 0.15) is 28.0 Å². The first kappa shape index (κ1) is 16.4. The smallest absolute Gasteiger partial charge is 0.346 e. The van der Waals surface area contributed by atoms with Crippen molar-refractivity contribution in [3.05, 3.63) is 57.9 Å². The normalized spacial score (nSPS) is 15.1. The molecule has 134 valence electrons. The predicted molar refractivity (Wildman–Crippen MR) is 91.4 cm³/mol. The molecular formula is C17H17N5O4. The lowest BCUT2D eigenvalue weighted by Crippen LogP contribution is -2.39. The van der Waals surface area contributed by atoms with Crippen molar-refractivity contribution < 1.29 is 15.0 Å². The molecule has 0 unspecified atom stereocenters. The molecule has 1 aromatic carbocycles. The maximum absolute atomic E-state index is 13.0. The second kappa shape index (κ2) is 6.36. The Labute approximate surface area is 147 Å². The summed E-state index contributed by atoms with van der Waals surface area (Å²) in [5.41, 5.74) is 1.24. The topological polar surface area (TPSA) is 124 Å². The first-order chi connectivity index (χ1) is 12.6. The van der Waals surface area contributed by atoms with Crippen LogP contribution in [0, 0.1) is 0 Å². The van der Waals surface area contributed by atoms with Crippen LogP contribution in [0.3, 0.4) is 0 Å².